The van der Waals surface area contributed by atoms with Gasteiger partial charge in [0.15, 0.2) is 0 Å². The molecule has 7 heteroatoms. The predicted octanol–water partition coefficient (Wildman–Crippen LogP) is 5.23. The molecule has 0 fully saturated rings. The Hall–Kier alpha value is -2.64. The third-order valence-electron chi connectivity index (χ3n) is 5.84. The Morgan fingerprint density at radius 2 is 1.94 bits per heavy atom. The van der Waals surface area contributed by atoms with Crippen molar-refractivity contribution in [3.8, 4) is 5.75 Å². The van der Waals surface area contributed by atoms with E-state index in [1.807, 2.05) is 46.7 Å². The van der Waals surface area contributed by atoms with Gasteiger partial charge in [-0.05, 0) is 59.0 Å². The van der Waals surface area contributed by atoms with E-state index in [0.717, 1.165) is 30.6 Å². The summed E-state index contributed by atoms with van der Waals surface area (Å²) in [5.41, 5.74) is 2.24. The fraction of sp³-hybridized carbons (Fsp3) is 0.360. The highest BCUT2D eigenvalue weighted by molar-refractivity contribution is 7.12. The lowest BCUT2D eigenvalue weighted by Crippen LogP contribution is -2.47. The Morgan fingerprint density at radius 1 is 1.12 bits per heavy atom. The molecule has 168 valence electrons. The van der Waals surface area contributed by atoms with E-state index in [9.17, 15) is 9.59 Å². The van der Waals surface area contributed by atoms with Crippen molar-refractivity contribution in [2.75, 3.05) is 26.7 Å². The van der Waals surface area contributed by atoms with Crippen molar-refractivity contribution < 1.29 is 14.3 Å². The minimum Gasteiger partial charge on any atom is -0.497 e. The first-order valence-corrected chi connectivity index (χ1v) is 12.7. The second kappa shape index (κ2) is 10.3. The van der Waals surface area contributed by atoms with Crippen molar-refractivity contribution in [3.05, 3.63) is 74.1 Å². The highest BCUT2D eigenvalue weighted by Crippen LogP contribution is 2.38. The van der Waals surface area contributed by atoms with Gasteiger partial charge in [0.25, 0.3) is 5.91 Å². The largest absolute Gasteiger partial charge is 0.497 e. The molecule has 0 saturated heterocycles. The van der Waals surface area contributed by atoms with Crippen molar-refractivity contribution in [1.82, 2.24) is 9.80 Å². The summed E-state index contributed by atoms with van der Waals surface area (Å²) in [6, 6.07) is 13.6. The summed E-state index contributed by atoms with van der Waals surface area (Å²) in [5, 5.41) is 4.00. The van der Waals surface area contributed by atoms with Gasteiger partial charge in [-0.15, -0.1) is 22.7 Å². The van der Waals surface area contributed by atoms with E-state index in [-0.39, 0.29) is 24.4 Å². The zero-order chi connectivity index (χ0) is 22.5. The second-order valence-electron chi connectivity index (χ2n) is 7.87. The number of unbranched alkanes of at least 4 members (excludes halogenated alkanes) is 1. The summed E-state index contributed by atoms with van der Waals surface area (Å²) >= 11 is 3.17. The van der Waals surface area contributed by atoms with Crippen LogP contribution in [0.4, 0.5) is 0 Å². The van der Waals surface area contributed by atoms with Gasteiger partial charge in [0.2, 0.25) is 5.91 Å². The maximum atomic E-state index is 13.6. The average molecular weight is 469 g/mol. The number of thiophene rings is 2. The van der Waals surface area contributed by atoms with Crippen LogP contribution in [0.15, 0.2) is 53.2 Å². The molecule has 1 aliphatic heterocycles. The molecule has 0 aliphatic carbocycles. The number of fused-ring (bicyclic) bond motifs is 1. The van der Waals surface area contributed by atoms with Crippen LogP contribution in [0.3, 0.4) is 0 Å². The van der Waals surface area contributed by atoms with Crippen LogP contribution in [-0.4, -0.2) is 48.4 Å². The number of hydrogen-bond acceptors (Lipinski definition) is 5. The Balaban J connectivity index is 1.60. The van der Waals surface area contributed by atoms with Crippen LogP contribution < -0.4 is 4.74 Å². The number of carbonyl (C=O) groups is 2. The topological polar surface area (TPSA) is 49.9 Å². The van der Waals surface area contributed by atoms with Crippen LogP contribution in [0.2, 0.25) is 0 Å². The summed E-state index contributed by atoms with van der Waals surface area (Å²) in [6.07, 6.45) is 2.69. The van der Waals surface area contributed by atoms with Gasteiger partial charge in [0.1, 0.15) is 12.3 Å². The summed E-state index contributed by atoms with van der Waals surface area (Å²) in [6.45, 7) is 3.43. The van der Waals surface area contributed by atoms with Crippen LogP contribution in [0, 0.1) is 0 Å². The molecule has 0 spiro atoms. The molecule has 1 atom stereocenters. The minimum absolute atomic E-state index is 0.0105. The fourth-order valence-corrected chi connectivity index (χ4v) is 5.74. The maximum Gasteiger partial charge on any atom is 0.264 e. The van der Waals surface area contributed by atoms with E-state index < -0.39 is 0 Å². The van der Waals surface area contributed by atoms with Crippen LogP contribution >= 0.6 is 22.7 Å². The Bertz CT molecular complexity index is 1040. The number of hydrogen-bond donors (Lipinski definition) is 0. The summed E-state index contributed by atoms with van der Waals surface area (Å²) in [4.78, 5) is 32.3. The molecule has 0 radical (unpaired) electrons. The van der Waals surface area contributed by atoms with Crippen molar-refractivity contribution in [3.63, 3.8) is 0 Å². The average Bonchev–Trinajstić information content (AvgIpc) is 3.53. The van der Waals surface area contributed by atoms with Gasteiger partial charge in [-0.25, -0.2) is 0 Å². The number of benzene rings is 1. The number of carbonyl (C=O) groups excluding carboxylic acids is 2. The van der Waals surface area contributed by atoms with E-state index in [2.05, 4.69) is 18.4 Å². The molecule has 3 aromatic rings. The predicted molar refractivity (Wildman–Crippen MR) is 130 cm³/mol. The molecule has 0 bridgehead atoms. The number of ether oxygens (including phenoxy) is 1. The number of methoxy groups -OCH3 is 1. The van der Waals surface area contributed by atoms with Gasteiger partial charge in [-0.1, -0.05) is 31.5 Å². The molecule has 1 unspecified atom stereocenters. The van der Waals surface area contributed by atoms with Gasteiger partial charge in [-0.3, -0.25) is 9.59 Å². The molecule has 32 heavy (non-hydrogen) atoms. The van der Waals surface area contributed by atoms with E-state index in [1.165, 1.54) is 21.8 Å². The first-order chi connectivity index (χ1) is 15.6. The van der Waals surface area contributed by atoms with Crippen molar-refractivity contribution in [2.24, 2.45) is 0 Å². The normalized spacial score (nSPS) is 15.3. The van der Waals surface area contributed by atoms with Crippen LogP contribution in [-0.2, 0) is 11.2 Å². The van der Waals surface area contributed by atoms with Gasteiger partial charge in [0, 0.05) is 18.0 Å². The molecule has 2 aromatic heterocycles. The van der Waals surface area contributed by atoms with Crippen LogP contribution in [0.1, 0.15) is 51.5 Å². The first kappa shape index (κ1) is 22.6. The first-order valence-electron chi connectivity index (χ1n) is 10.9. The number of nitrogens with zero attached hydrogens (tertiary/aromatic N) is 2. The van der Waals surface area contributed by atoms with Crippen LogP contribution in [0.5, 0.6) is 5.75 Å². The van der Waals surface area contributed by atoms with Crippen LogP contribution in [0.25, 0.3) is 0 Å². The van der Waals surface area contributed by atoms with Crippen molar-refractivity contribution in [2.45, 2.75) is 32.2 Å². The van der Waals surface area contributed by atoms with E-state index in [4.69, 9.17) is 4.74 Å². The lowest BCUT2D eigenvalue weighted by Gasteiger charge is -2.37. The third kappa shape index (κ3) is 4.74. The molecule has 1 aliphatic rings. The summed E-state index contributed by atoms with van der Waals surface area (Å²) < 4.78 is 5.32. The summed E-state index contributed by atoms with van der Waals surface area (Å²) in [5.74, 6) is 0.722. The summed E-state index contributed by atoms with van der Waals surface area (Å²) in [7, 11) is 1.65. The molecule has 3 heterocycles. The maximum absolute atomic E-state index is 13.6. The molecule has 4 rings (SSSR count). The smallest absolute Gasteiger partial charge is 0.264 e. The fourth-order valence-electron chi connectivity index (χ4n) is 4.14. The van der Waals surface area contributed by atoms with Gasteiger partial charge >= 0.3 is 0 Å². The lowest BCUT2D eigenvalue weighted by atomic mass is 9.93. The molecular formula is C25H28N2O3S2. The van der Waals surface area contributed by atoms with Crippen molar-refractivity contribution in [1.29, 1.82) is 0 Å². The lowest BCUT2D eigenvalue weighted by molar-refractivity contribution is -0.134. The Kier molecular flexibility index (Phi) is 7.27. The molecule has 2 amide bonds. The molecular weight excluding hydrogens is 440 g/mol. The number of amides is 2. The van der Waals surface area contributed by atoms with Crippen molar-refractivity contribution >= 4 is 34.5 Å². The Morgan fingerprint density at radius 3 is 2.62 bits per heavy atom. The molecule has 1 aromatic carbocycles. The zero-order valence-electron chi connectivity index (χ0n) is 18.5. The van der Waals surface area contributed by atoms with E-state index in [1.54, 1.807) is 23.3 Å². The number of rotatable bonds is 8. The standard InChI is InChI=1S/C25H28N2O3S2/c1-3-4-13-26(25(29)22-6-5-15-31-22)17-23(28)27-14-11-21-20(12-16-32-21)24(27)18-7-9-19(30-2)10-8-18/h5-10,12,15-16,24H,3-4,11,13-14,17H2,1-2H3. The van der Waals surface area contributed by atoms with Gasteiger partial charge < -0.3 is 14.5 Å². The monoisotopic (exact) mass is 468 g/mol. The zero-order valence-corrected chi connectivity index (χ0v) is 20.1. The Labute approximate surface area is 197 Å². The second-order valence-corrected chi connectivity index (χ2v) is 9.82. The van der Waals surface area contributed by atoms with E-state index in [0.29, 0.717) is 18.0 Å². The molecule has 0 N–H and O–H groups in total. The SMILES string of the molecule is CCCCN(CC(=O)N1CCc2sccc2C1c1ccc(OC)cc1)C(=O)c1cccs1. The highest BCUT2D eigenvalue weighted by atomic mass is 32.1. The minimum atomic E-state index is -0.145. The van der Waals surface area contributed by atoms with E-state index >= 15 is 0 Å². The highest BCUT2D eigenvalue weighted by Gasteiger charge is 2.34. The van der Waals surface area contributed by atoms with Gasteiger partial charge in [-0.2, -0.15) is 0 Å². The van der Waals surface area contributed by atoms with Gasteiger partial charge in [0.05, 0.1) is 18.0 Å². The quantitative estimate of drug-likeness (QED) is 0.455. The molecule has 0 saturated carbocycles. The molecule has 5 nitrogen and oxygen atoms in total. The third-order valence-corrected chi connectivity index (χ3v) is 7.70.